The Morgan fingerprint density at radius 3 is 2.37 bits per heavy atom. The van der Waals surface area contributed by atoms with Crippen LogP contribution in [0.5, 0.6) is 0 Å². The number of carbonyl (C=O) groups is 2. The SMILES string of the molecule is Cc1cc(C(=O)NCC(=O)O)cc(S(N)(=O)=O)c1C. The van der Waals surface area contributed by atoms with Crippen molar-refractivity contribution < 1.29 is 23.1 Å². The van der Waals surface area contributed by atoms with Gasteiger partial charge >= 0.3 is 5.97 Å². The number of carboxylic acids is 1. The average Bonchev–Trinajstić information content (AvgIpc) is 2.27. The summed E-state index contributed by atoms with van der Waals surface area (Å²) in [5, 5.41) is 15.7. The van der Waals surface area contributed by atoms with Crippen LogP contribution in [0, 0.1) is 13.8 Å². The molecule has 1 rings (SSSR count). The Kier molecular flexibility index (Phi) is 4.28. The highest BCUT2D eigenvalue weighted by Crippen LogP contribution is 2.19. The number of carbonyl (C=O) groups excluding carboxylic acids is 1. The van der Waals surface area contributed by atoms with Crippen LogP contribution in [0.1, 0.15) is 21.5 Å². The molecule has 104 valence electrons. The van der Waals surface area contributed by atoms with Crippen LogP contribution in [0.2, 0.25) is 0 Å². The first-order valence-electron chi connectivity index (χ1n) is 5.27. The van der Waals surface area contributed by atoms with E-state index in [4.69, 9.17) is 10.2 Å². The second kappa shape index (κ2) is 5.37. The fraction of sp³-hybridized carbons (Fsp3) is 0.273. The Bertz CT molecular complexity index is 637. The van der Waals surface area contributed by atoms with Crippen LogP contribution in [-0.2, 0) is 14.8 Å². The number of sulfonamides is 1. The normalized spacial score (nSPS) is 11.1. The number of aryl methyl sites for hydroxylation is 1. The minimum Gasteiger partial charge on any atom is -0.480 e. The van der Waals surface area contributed by atoms with E-state index in [-0.39, 0.29) is 10.5 Å². The lowest BCUT2D eigenvalue weighted by atomic mass is 10.1. The van der Waals surface area contributed by atoms with Crippen molar-refractivity contribution in [3.63, 3.8) is 0 Å². The number of hydrogen-bond donors (Lipinski definition) is 3. The maximum absolute atomic E-state index is 11.7. The zero-order valence-corrected chi connectivity index (χ0v) is 11.2. The first-order valence-corrected chi connectivity index (χ1v) is 6.81. The highest BCUT2D eigenvalue weighted by molar-refractivity contribution is 7.89. The van der Waals surface area contributed by atoms with Crippen LogP contribution in [0.3, 0.4) is 0 Å². The molecule has 1 aromatic rings. The van der Waals surface area contributed by atoms with Gasteiger partial charge in [-0.1, -0.05) is 0 Å². The molecule has 0 spiro atoms. The van der Waals surface area contributed by atoms with Gasteiger partial charge in [-0.05, 0) is 37.1 Å². The van der Waals surface area contributed by atoms with Crippen molar-refractivity contribution >= 4 is 21.9 Å². The lowest BCUT2D eigenvalue weighted by Gasteiger charge is -2.10. The number of hydrogen-bond acceptors (Lipinski definition) is 4. The van der Waals surface area contributed by atoms with Gasteiger partial charge in [0.05, 0.1) is 4.90 Å². The summed E-state index contributed by atoms with van der Waals surface area (Å²) in [5.74, 6) is -1.86. The van der Waals surface area contributed by atoms with E-state index < -0.39 is 28.4 Å². The summed E-state index contributed by atoms with van der Waals surface area (Å²) >= 11 is 0. The molecule has 0 heterocycles. The highest BCUT2D eigenvalue weighted by atomic mass is 32.2. The third-order valence-corrected chi connectivity index (χ3v) is 3.63. The van der Waals surface area contributed by atoms with E-state index in [0.717, 1.165) is 6.07 Å². The first-order chi connectivity index (χ1) is 8.62. The van der Waals surface area contributed by atoms with E-state index in [1.54, 1.807) is 13.8 Å². The smallest absolute Gasteiger partial charge is 0.322 e. The minimum atomic E-state index is -3.94. The Morgan fingerprint density at radius 2 is 1.89 bits per heavy atom. The zero-order valence-electron chi connectivity index (χ0n) is 10.4. The molecule has 1 aromatic carbocycles. The summed E-state index contributed by atoms with van der Waals surface area (Å²) in [7, 11) is -3.94. The molecule has 0 unspecified atom stereocenters. The monoisotopic (exact) mass is 286 g/mol. The molecule has 7 nitrogen and oxygen atoms in total. The maximum Gasteiger partial charge on any atom is 0.322 e. The van der Waals surface area contributed by atoms with Gasteiger partial charge in [0, 0.05) is 5.56 Å². The van der Waals surface area contributed by atoms with Gasteiger partial charge in [0.2, 0.25) is 10.0 Å². The Hall–Kier alpha value is -1.93. The van der Waals surface area contributed by atoms with Crippen LogP contribution in [-0.4, -0.2) is 31.9 Å². The number of rotatable bonds is 4. The number of amides is 1. The Labute approximate surface area is 110 Å². The zero-order chi connectivity index (χ0) is 14.8. The van der Waals surface area contributed by atoms with Crippen molar-refractivity contribution in [2.45, 2.75) is 18.7 Å². The highest BCUT2D eigenvalue weighted by Gasteiger charge is 2.17. The topological polar surface area (TPSA) is 127 Å². The molecule has 0 fully saturated rings. The lowest BCUT2D eigenvalue weighted by Crippen LogP contribution is -2.29. The standard InChI is InChI=1S/C11H14N2O5S/c1-6-3-8(11(16)13-5-10(14)15)4-9(7(6)2)19(12,17)18/h3-4H,5H2,1-2H3,(H,13,16)(H,14,15)(H2,12,17,18). The van der Waals surface area contributed by atoms with Crippen molar-refractivity contribution in [2.75, 3.05) is 6.54 Å². The number of primary sulfonamides is 1. The number of nitrogens with two attached hydrogens (primary N) is 1. The summed E-state index contributed by atoms with van der Waals surface area (Å²) in [4.78, 5) is 21.9. The third kappa shape index (κ3) is 3.76. The molecule has 0 aliphatic heterocycles. The van der Waals surface area contributed by atoms with Gasteiger partial charge < -0.3 is 10.4 Å². The molecule has 0 bridgehead atoms. The van der Waals surface area contributed by atoms with Crippen molar-refractivity contribution in [2.24, 2.45) is 5.14 Å². The molecule has 0 aliphatic rings. The second-order valence-electron chi connectivity index (χ2n) is 4.04. The maximum atomic E-state index is 11.7. The van der Waals surface area contributed by atoms with E-state index in [9.17, 15) is 18.0 Å². The van der Waals surface area contributed by atoms with Gasteiger partial charge in [-0.25, -0.2) is 13.6 Å². The van der Waals surface area contributed by atoms with E-state index in [2.05, 4.69) is 5.32 Å². The molecule has 0 radical (unpaired) electrons. The van der Waals surface area contributed by atoms with Crippen LogP contribution in [0.25, 0.3) is 0 Å². The molecule has 0 saturated heterocycles. The molecule has 0 saturated carbocycles. The average molecular weight is 286 g/mol. The van der Waals surface area contributed by atoms with Crippen LogP contribution in [0.15, 0.2) is 17.0 Å². The molecule has 0 atom stereocenters. The minimum absolute atomic E-state index is 0.0494. The van der Waals surface area contributed by atoms with Crippen LogP contribution < -0.4 is 10.5 Å². The first kappa shape index (κ1) is 15.1. The van der Waals surface area contributed by atoms with E-state index in [1.807, 2.05) is 0 Å². The molecule has 19 heavy (non-hydrogen) atoms. The van der Waals surface area contributed by atoms with Crippen LogP contribution in [0.4, 0.5) is 0 Å². The summed E-state index contributed by atoms with van der Waals surface area (Å²) < 4.78 is 22.8. The molecular weight excluding hydrogens is 272 g/mol. The summed E-state index contributed by atoms with van der Waals surface area (Å²) in [6.45, 7) is 2.67. The largest absolute Gasteiger partial charge is 0.480 e. The van der Waals surface area contributed by atoms with Gasteiger partial charge in [0.25, 0.3) is 5.91 Å². The fourth-order valence-corrected chi connectivity index (χ4v) is 2.39. The van der Waals surface area contributed by atoms with E-state index >= 15 is 0 Å². The molecule has 4 N–H and O–H groups in total. The molecule has 0 aromatic heterocycles. The molecular formula is C11H14N2O5S. The van der Waals surface area contributed by atoms with Crippen molar-refractivity contribution in [1.29, 1.82) is 0 Å². The number of aliphatic carboxylic acids is 1. The third-order valence-electron chi connectivity index (χ3n) is 2.59. The quantitative estimate of drug-likeness (QED) is 0.704. The predicted molar refractivity (Wildman–Crippen MR) is 67.3 cm³/mol. The van der Waals surface area contributed by atoms with Gasteiger partial charge in [0.1, 0.15) is 6.54 Å². The summed E-state index contributed by atoms with van der Waals surface area (Å²) in [6, 6.07) is 2.61. The fourth-order valence-electron chi connectivity index (χ4n) is 1.51. The van der Waals surface area contributed by atoms with Crippen molar-refractivity contribution in [1.82, 2.24) is 5.32 Å². The van der Waals surface area contributed by atoms with Gasteiger partial charge in [-0.3, -0.25) is 9.59 Å². The van der Waals surface area contributed by atoms with E-state index in [0.29, 0.717) is 11.1 Å². The van der Waals surface area contributed by atoms with E-state index in [1.165, 1.54) is 6.07 Å². The number of nitrogens with one attached hydrogen (secondary N) is 1. The Morgan fingerprint density at radius 1 is 1.32 bits per heavy atom. The molecule has 8 heteroatoms. The molecule has 0 aliphatic carbocycles. The number of benzene rings is 1. The van der Waals surface area contributed by atoms with Crippen LogP contribution >= 0.6 is 0 Å². The summed E-state index contributed by atoms with van der Waals surface area (Å²) in [5.41, 5.74) is 1.08. The van der Waals surface area contributed by atoms with Gasteiger partial charge in [0.15, 0.2) is 0 Å². The van der Waals surface area contributed by atoms with Gasteiger partial charge in [-0.15, -0.1) is 0 Å². The summed E-state index contributed by atoms with van der Waals surface area (Å²) in [6.07, 6.45) is 0. The second-order valence-corrected chi connectivity index (χ2v) is 5.57. The van der Waals surface area contributed by atoms with Gasteiger partial charge in [-0.2, -0.15) is 0 Å². The van der Waals surface area contributed by atoms with Crippen molar-refractivity contribution in [3.8, 4) is 0 Å². The molecule has 1 amide bonds. The lowest BCUT2D eigenvalue weighted by molar-refractivity contribution is -0.135. The Balaban J connectivity index is 3.21. The van der Waals surface area contributed by atoms with Crippen molar-refractivity contribution in [3.05, 3.63) is 28.8 Å². The number of carboxylic acid groups (broad SMARTS) is 1. The predicted octanol–water partition coefficient (Wildman–Crippen LogP) is -0.235.